The van der Waals surface area contributed by atoms with Crippen LogP contribution < -0.4 is 11.1 Å². The fraction of sp³-hybridized carbons (Fsp3) is 0.500. The van der Waals surface area contributed by atoms with E-state index in [2.05, 4.69) is 26.5 Å². The Kier molecular flexibility index (Phi) is 4.01. The molecular formula is C12H22N3O+. The Balaban J connectivity index is 2.40. The van der Waals surface area contributed by atoms with Gasteiger partial charge in [-0.2, -0.15) is 0 Å². The summed E-state index contributed by atoms with van der Waals surface area (Å²) < 4.78 is 0.956. The highest BCUT2D eigenvalue weighted by Gasteiger charge is 2.06. The number of hydrogen-bond acceptors (Lipinski definition) is 3. The van der Waals surface area contributed by atoms with Gasteiger partial charge >= 0.3 is 0 Å². The minimum Gasteiger partial charge on any atom is -0.508 e. The number of aromatic hydroxyl groups is 1. The number of benzene rings is 1. The smallest absolute Gasteiger partial charge is 0.117 e. The van der Waals surface area contributed by atoms with E-state index >= 15 is 0 Å². The third-order valence-corrected chi connectivity index (χ3v) is 2.36. The maximum atomic E-state index is 9.32. The molecule has 0 aliphatic heterocycles. The number of nitrogens with two attached hydrogens (primary N) is 1. The molecule has 1 aromatic rings. The van der Waals surface area contributed by atoms with Crippen molar-refractivity contribution in [1.29, 1.82) is 0 Å². The minimum absolute atomic E-state index is 0.239. The highest BCUT2D eigenvalue weighted by Crippen LogP contribution is 2.23. The predicted molar refractivity (Wildman–Crippen MR) is 68.5 cm³/mol. The van der Waals surface area contributed by atoms with E-state index in [-0.39, 0.29) is 5.75 Å². The molecule has 0 fully saturated rings. The normalized spacial score (nSPS) is 11.4. The van der Waals surface area contributed by atoms with Gasteiger partial charge in [-0.3, -0.25) is 0 Å². The fourth-order valence-corrected chi connectivity index (χ4v) is 1.47. The topological polar surface area (TPSA) is 58.3 Å². The van der Waals surface area contributed by atoms with Crippen LogP contribution in [0.3, 0.4) is 0 Å². The summed E-state index contributed by atoms with van der Waals surface area (Å²) in [5.74, 6) is 0.239. The second kappa shape index (κ2) is 5.07. The van der Waals surface area contributed by atoms with Crippen LogP contribution >= 0.6 is 0 Å². The highest BCUT2D eigenvalue weighted by molar-refractivity contribution is 5.67. The molecule has 0 aromatic heterocycles. The quantitative estimate of drug-likeness (QED) is 0.307. The van der Waals surface area contributed by atoms with Gasteiger partial charge < -0.3 is 20.6 Å². The van der Waals surface area contributed by atoms with Crippen LogP contribution in [0.2, 0.25) is 0 Å². The van der Waals surface area contributed by atoms with Crippen LogP contribution in [0.1, 0.15) is 6.42 Å². The first kappa shape index (κ1) is 12.6. The summed E-state index contributed by atoms with van der Waals surface area (Å²) in [6, 6.07) is 4.95. The van der Waals surface area contributed by atoms with E-state index in [0.717, 1.165) is 29.7 Å². The van der Waals surface area contributed by atoms with Crippen LogP contribution in [-0.4, -0.2) is 43.8 Å². The van der Waals surface area contributed by atoms with Crippen molar-refractivity contribution in [2.45, 2.75) is 6.42 Å². The zero-order chi connectivity index (χ0) is 12.2. The Hall–Kier alpha value is -1.42. The predicted octanol–water partition coefficient (Wildman–Crippen LogP) is 1.48. The van der Waals surface area contributed by atoms with Crippen LogP contribution in [0, 0.1) is 0 Å². The molecule has 4 heteroatoms. The van der Waals surface area contributed by atoms with Crippen molar-refractivity contribution in [3.8, 4) is 5.75 Å². The summed E-state index contributed by atoms with van der Waals surface area (Å²) in [5.41, 5.74) is 7.26. The molecule has 0 unspecified atom stereocenters. The number of phenols is 1. The van der Waals surface area contributed by atoms with E-state index < -0.39 is 0 Å². The lowest BCUT2D eigenvalue weighted by atomic mass is 10.2. The van der Waals surface area contributed by atoms with Gasteiger partial charge in [-0.05, 0) is 12.1 Å². The zero-order valence-corrected chi connectivity index (χ0v) is 10.3. The number of nitrogens with zero attached hydrogens (tertiary/aromatic N) is 1. The molecule has 0 aliphatic rings. The fourth-order valence-electron chi connectivity index (χ4n) is 1.47. The number of phenolic OH excluding ortho intramolecular Hbond substituents is 1. The van der Waals surface area contributed by atoms with E-state index in [1.54, 1.807) is 18.2 Å². The van der Waals surface area contributed by atoms with Crippen LogP contribution in [-0.2, 0) is 0 Å². The number of rotatable bonds is 5. The molecule has 4 N–H and O–H groups in total. The molecule has 0 spiro atoms. The Morgan fingerprint density at radius 3 is 2.62 bits per heavy atom. The summed E-state index contributed by atoms with van der Waals surface area (Å²) in [6.45, 7) is 1.97. The summed E-state index contributed by atoms with van der Waals surface area (Å²) in [7, 11) is 6.51. The van der Waals surface area contributed by atoms with Crippen molar-refractivity contribution in [3.05, 3.63) is 18.2 Å². The van der Waals surface area contributed by atoms with Crippen molar-refractivity contribution in [2.75, 3.05) is 45.3 Å². The van der Waals surface area contributed by atoms with Crippen LogP contribution in [0.25, 0.3) is 0 Å². The maximum Gasteiger partial charge on any atom is 0.117 e. The van der Waals surface area contributed by atoms with E-state index in [1.165, 1.54) is 0 Å². The molecule has 0 bridgehead atoms. The second-order valence-electron chi connectivity index (χ2n) is 5.07. The summed E-state index contributed by atoms with van der Waals surface area (Å²) in [6.07, 6.45) is 1.07. The number of nitrogens with one attached hydrogen (secondary N) is 1. The molecule has 0 aliphatic carbocycles. The molecule has 90 valence electrons. The molecule has 0 saturated carbocycles. The van der Waals surface area contributed by atoms with Gasteiger partial charge in [0, 0.05) is 19.0 Å². The van der Waals surface area contributed by atoms with Gasteiger partial charge in [-0.1, -0.05) is 0 Å². The molecule has 0 radical (unpaired) electrons. The SMILES string of the molecule is C[N+](C)(C)CCCNc1cc(O)ccc1N. The third kappa shape index (κ3) is 4.40. The standard InChI is InChI=1S/C12H21N3O/c1-15(2,3)8-4-7-14-12-9-10(16)5-6-11(12)13/h5-6,9,14H,4,7-8,13H2,1-3H3/p+1. The number of nitrogen functional groups attached to an aromatic ring is 1. The van der Waals surface area contributed by atoms with Crippen LogP contribution in [0.4, 0.5) is 11.4 Å². The van der Waals surface area contributed by atoms with E-state index in [1.807, 2.05) is 0 Å². The molecule has 0 amide bonds. The van der Waals surface area contributed by atoms with Gasteiger partial charge in [0.05, 0.1) is 39.1 Å². The van der Waals surface area contributed by atoms with Gasteiger partial charge in [0.2, 0.25) is 0 Å². The summed E-state index contributed by atoms with van der Waals surface area (Å²) >= 11 is 0. The molecule has 16 heavy (non-hydrogen) atoms. The Labute approximate surface area is 97.3 Å². The summed E-state index contributed by atoms with van der Waals surface area (Å²) in [5, 5.41) is 12.6. The van der Waals surface area contributed by atoms with Crippen molar-refractivity contribution >= 4 is 11.4 Å². The third-order valence-electron chi connectivity index (χ3n) is 2.36. The molecule has 1 rings (SSSR count). The first-order chi connectivity index (χ1) is 7.38. The first-order valence-corrected chi connectivity index (χ1v) is 5.51. The van der Waals surface area contributed by atoms with E-state index in [4.69, 9.17) is 5.73 Å². The molecular weight excluding hydrogens is 202 g/mol. The second-order valence-corrected chi connectivity index (χ2v) is 5.07. The highest BCUT2D eigenvalue weighted by atomic mass is 16.3. The number of anilines is 2. The van der Waals surface area contributed by atoms with E-state index in [9.17, 15) is 5.11 Å². The van der Waals surface area contributed by atoms with Gasteiger partial charge in [-0.25, -0.2) is 0 Å². The van der Waals surface area contributed by atoms with Gasteiger partial charge in [0.1, 0.15) is 5.75 Å². The average molecular weight is 224 g/mol. The number of hydrogen-bond donors (Lipinski definition) is 3. The molecule has 0 heterocycles. The number of quaternary nitrogens is 1. The van der Waals surface area contributed by atoms with Gasteiger partial charge in [-0.15, -0.1) is 0 Å². The largest absolute Gasteiger partial charge is 0.508 e. The lowest BCUT2D eigenvalue weighted by Gasteiger charge is -2.23. The first-order valence-electron chi connectivity index (χ1n) is 5.51. The minimum atomic E-state index is 0.239. The zero-order valence-electron chi connectivity index (χ0n) is 10.3. The molecule has 1 aromatic carbocycles. The van der Waals surface area contributed by atoms with Crippen molar-refractivity contribution < 1.29 is 9.59 Å². The average Bonchev–Trinajstić information content (AvgIpc) is 2.16. The Morgan fingerprint density at radius 1 is 1.31 bits per heavy atom. The Bertz CT molecular complexity index is 345. The van der Waals surface area contributed by atoms with Crippen molar-refractivity contribution in [3.63, 3.8) is 0 Å². The van der Waals surface area contributed by atoms with Gasteiger partial charge in [0.25, 0.3) is 0 Å². The lowest BCUT2D eigenvalue weighted by molar-refractivity contribution is -0.870. The maximum absolute atomic E-state index is 9.32. The summed E-state index contributed by atoms with van der Waals surface area (Å²) in [4.78, 5) is 0. The molecule has 4 nitrogen and oxygen atoms in total. The van der Waals surface area contributed by atoms with Gasteiger partial charge in [0.15, 0.2) is 0 Å². The van der Waals surface area contributed by atoms with E-state index in [0.29, 0.717) is 5.69 Å². The van der Waals surface area contributed by atoms with Crippen molar-refractivity contribution in [1.82, 2.24) is 0 Å². The molecule has 0 saturated heterocycles. The monoisotopic (exact) mass is 224 g/mol. The molecule has 0 atom stereocenters. The Morgan fingerprint density at radius 2 is 2.00 bits per heavy atom. The van der Waals surface area contributed by atoms with Crippen LogP contribution in [0.15, 0.2) is 18.2 Å². The van der Waals surface area contributed by atoms with Crippen molar-refractivity contribution in [2.24, 2.45) is 0 Å². The lowest BCUT2D eigenvalue weighted by Crippen LogP contribution is -2.36. The van der Waals surface area contributed by atoms with Crippen LogP contribution in [0.5, 0.6) is 5.75 Å².